The number of alkyl halides is 1. The number of nitrogens with one attached hydrogen (secondary N) is 2. The minimum atomic E-state index is -0.212. The van der Waals surface area contributed by atoms with Crippen molar-refractivity contribution in [3.63, 3.8) is 0 Å². The predicted molar refractivity (Wildman–Crippen MR) is 88.0 cm³/mol. The Labute approximate surface area is 131 Å². The van der Waals surface area contributed by atoms with Gasteiger partial charge in [0, 0.05) is 16.9 Å². The Bertz CT molecular complexity index is 671. The van der Waals surface area contributed by atoms with Crippen LogP contribution in [0.15, 0.2) is 48.5 Å². The number of halogens is 1. The number of carbonyl (C=O) groups is 2. The highest BCUT2D eigenvalue weighted by Gasteiger charge is 2.08. The van der Waals surface area contributed by atoms with Crippen LogP contribution in [0.4, 0.5) is 11.4 Å². The average molecular weight is 347 g/mol. The van der Waals surface area contributed by atoms with Gasteiger partial charge < -0.3 is 10.6 Å². The molecule has 0 heterocycles. The molecule has 4 nitrogen and oxygen atoms in total. The molecule has 0 saturated heterocycles. The van der Waals surface area contributed by atoms with Crippen molar-refractivity contribution in [2.75, 3.05) is 16.0 Å². The van der Waals surface area contributed by atoms with E-state index in [1.54, 1.807) is 24.3 Å². The molecule has 0 saturated carbocycles. The second-order valence-corrected chi connectivity index (χ2v) is 5.15. The van der Waals surface area contributed by atoms with Crippen LogP contribution in [0.5, 0.6) is 0 Å². The maximum absolute atomic E-state index is 12.2. The number of carbonyl (C=O) groups excluding carboxylic acids is 2. The molecule has 108 valence electrons. The molecule has 5 heteroatoms. The van der Waals surface area contributed by atoms with Gasteiger partial charge in [-0.05, 0) is 42.8 Å². The van der Waals surface area contributed by atoms with Gasteiger partial charge in [0.1, 0.15) is 0 Å². The number of rotatable bonds is 4. The first-order chi connectivity index (χ1) is 10.1. The molecule has 0 aromatic heterocycles. The molecular formula is C16H15BrN2O2. The van der Waals surface area contributed by atoms with Crippen molar-refractivity contribution >= 4 is 39.1 Å². The molecule has 2 amide bonds. The van der Waals surface area contributed by atoms with E-state index >= 15 is 0 Å². The van der Waals surface area contributed by atoms with Gasteiger partial charge in [-0.3, -0.25) is 9.59 Å². The Morgan fingerprint density at radius 2 is 1.67 bits per heavy atom. The van der Waals surface area contributed by atoms with Crippen molar-refractivity contribution < 1.29 is 9.59 Å². The van der Waals surface area contributed by atoms with E-state index in [4.69, 9.17) is 0 Å². The second kappa shape index (κ2) is 7.04. The molecule has 0 aliphatic heterocycles. The maximum atomic E-state index is 12.2. The summed E-state index contributed by atoms with van der Waals surface area (Å²) < 4.78 is 0. The van der Waals surface area contributed by atoms with Gasteiger partial charge in [0.2, 0.25) is 5.91 Å². The topological polar surface area (TPSA) is 58.2 Å². The Kier molecular flexibility index (Phi) is 5.11. The van der Waals surface area contributed by atoms with Crippen LogP contribution in [0.3, 0.4) is 0 Å². The molecule has 0 atom stereocenters. The summed E-state index contributed by atoms with van der Waals surface area (Å²) in [5.41, 5.74) is 2.90. The van der Waals surface area contributed by atoms with E-state index in [1.807, 2.05) is 31.2 Å². The minimum Gasteiger partial charge on any atom is -0.325 e. The summed E-state index contributed by atoms with van der Waals surface area (Å²) in [7, 11) is 0. The molecular weight excluding hydrogens is 332 g/mol. The first-order valence-electron chi connectivity index (χ1n) is 6.42. The standard InChI is InChI=1S/C16H15BrN2O2/c1-11-4-2-6-13(8-11)19-16(21)12-5-3-7-14(9-12)18-15(20)10-17/h2-9H,10H2,1H3,(H,18,20)(H,19,21). The van der Waals surface area contributed by atoms with Crippen LogP contribution in [0.1, 0.15) is 15.9 Å². The zero-order chi connectivity index (χ0) is 15.2. The van der Waals surface area contributed by atoms with Crippen molar-refractivity contribution in [1.29, 1.82) is 0 Å². The van der Waals surface area contributed by atoms with Gasteiger partial charge in [0.05, 0.1) is 5.33 Å². The zero-order valence-corrected chi connectivity index (χ0v) is 13.1. The highest BCUT2D eigenvalue weighted by atomic mass is 79.9. The van der Waals surface area contributed by atoms with Crippen LogP contribution in [0.25, 0.3) is 0 Å². The monoisotopic (exact) mass is 346 g/mol. The van der Waals surface area contributed by atoms with Gasteiger partial charge in [-0.15, -0.1) is 0 Å². The SMILES string of the molecule is Cc1cccc(NC(=O)c2cccc(NC(=O)CBr)c2)c1. The lowest BCUT2D eigenvalue weighted by Crippen LogP contribution is -2.15. The fourth-order valence-electron chi connectivity index (χ4n) is 1.86. The summed E-state index contributed by atoms with van der Waals surface area (Å²) in [5.74, 6) is -0.373. The summed E-state index contributed by atoms with van der Waals surface area (Å²) in [6.07, 6.45) is 0. The normalized spacial score (nSPS) is 10.0. The first kappa shape index (κ1) is 15.3. The molecule has 0 radical (unpaired) electrons. The average Bonchev–Trinajstić information content (AvgIpc) is 2.47. The van der Waals surface area contributed by atoms with Crippen molar-refractivity contribution in [2.24, 2.45) is 0 Å². The minimum absolute atomic E-state index is 0.161. The Hall–Kier alpha value is -2.14. The number of hydrogen-bond donors (Lipinski definition) is 2. The van der Waals surface area contributed by atoms with Crippen LogP contribution in [0.2, 0.25) is 0 Å². The van der Waals surface area contributed by atoms with Gasteiger partial charge in [-0.2, -0.15) is 0 Å². The highest BCUT2D eigenvalue weighted by molar-refractivity contribution is 9.09. The molecule has 0 spiro atoms. The van der Waals surface area contributed by atoms with Crippen LogP contribution in [0, 0.1) is 6.92 Å². The van der Waals surface area contributed by atoms with Crippen LogP contribution < -0.4 is 10.6 Å². The van der Waals surface area contributed by atoms with E-state index in [9.17, 15) is 9.59 Å². The molecule has 0 unspecified atom stereocenters. The summed E-state index contributed by atoms with van der Waals surface area (Å²) in [6.45, 7) is 1.96. The fourth-order valence-corrected chi connectivity index (χ4v) is 2.00. The summed E-state index contributed by atoms with van der Waals surface area (Å²) in [5, 5.41) is 5.74. The molecule has 21 heavy (non-hydrogen) atoms. The number of aryl methyl sites for hydroxylation is 1. The number of anilines is 2. The molecule has 0 aliphatic rings. The van der Waals surface area contributed by atoms with E-state index in [0.29, 0.717) is 11.3 Å². The molecule has 2 N–H and O–H groups in total. The van der Waals surface area contributed by atoms with Crippen LogP contribution in [-0.4, -0.2) is 17.1 Å². The Morgan fingerprint density at radius 3 is 2.33 bits per heavy atom. The maximum Gasteiger partial charge on any atom is 0.255 e. The van der Waals surface area contributed by atoms with Gasteiger partial charge in [0.25, 0.3) is 5.91 Å². The fraction of sp³-hybridized carbons (Fsp3) is 0.125. The van der Waals surface area contributed by atoms with Gasteiger partial charge in [-0.1, -0.05) is 34.1 Å². The predicted octanol–water partition coefficient (Wildman–Crippen LogP) is 3.58. The number of hydrogen-bond acceptors (Lipinski definition) is 2. The lowest BCUT2D eigenvalue weighted by Gasteiger charge is -2.08. The first-order valence-corrected chi connectivity index (χ1v) is 7.54. The number of amides is 2. The van der Waals surface area contributed by atoms with Gasteiger partial charge in [0.15, 0.2) is 0 Å². The van der Waals surface area contributed by atoms with Crippen molar-refractivity contribution in [1.82, 2.24) is 0 Å². The number of benzene rings is 2. The Balaban J connectivity index is 2.12. The van der Waals surface area contributed by atoms with E-state index in [-0.39, 0.29) is 17.1 Å². The molecule has 2 aromatic carbocycles. The van der Waals surface area contributed by atoms with Crippen molar-refractivity contribution in [3.8, 4) is 0 Å². The summed E-state index contributed by atoms with van der Waals surface area (Å²) in [4.78, 5) is 23.5. The highest BCUT2D eigenvalue weighted by Crippen LogP contribution is 2.14. The van der Waals surface area contributed by atoms with E-state index in [0.717, 1.165) is 11.3 Å². The van der Waals surface area contributed by atoms with E-state index in [1.165, 1.54) is 0 Å². The largest absolute Gasteiger partial charge is 0.325 e. The van der Waals surface area contributed by atoms with Crippen molar-refractivity contribution in [2.45, 2.75) is 6.92 Å². The third-order valence-electron chi connectivity index (χ3n) is 2.81. The summed E-state index contributed by atoms with van der Waals surface area (Å²) in [6, 6.07) is 14.4. The molecule has 0 fully saturated rings. The molecule has 2 aromatic rings. The zero-order valence-electron chi connectivity index (χ0n) is 11.5. The molecule has 2 rings (SSSR count). The molecule has 0 bridgehead atoms. The van der Waals surface area contributed by atoms with Crippen LogP contribution in [-0.2, 0) is 4.79 Å². The summed E-state index contributed by atoms with van der Waals surface area (Å²) >= 11 is 3.08. The van der Waals surface area contributed by atoms with E-state index in [2.05, 4.69) is 26.6 Å². The van der Waals surface area contributed by atoms with E-state index < -0.39 is 0 Å². The third kappa shape index (κ3) is 4.43. The van der Waals surface area contributed by atoms with Gasteiger partial charge >= 0.3 is 0 Å². The van der Waals surface area contributed by atoms with Crippen LogP contribution >= 0.6 is 15.9 Å². The Morgan fingerprint density at radius 1 is 1.00 bits per heavy atom. The third-order valence-corrected chi connectivity index (χ3v) is 3.32. The second-order valence-electron chi connectivity index (χ2n) is 4.59. The molecule has 0 aliphatic carbocycles. The smallest absolute Gasteiger partial charge is 0.255 e. The van der Waals surface area contributed by atoms with Crippen molar-refractivity contribution in [3.05, 3.63) is 59.7 Å². The lowest BCUT2D eigenvalue weighted by molar-refractivity contribution is -0.113. The van der Waals surface area contributed by atoms with Gasteiger partial charge in [-0.25, -0.2) is 0 Å². The quantitative estimate of drug-likeness (QED) is 0.831. The lowest BCUT2D eigenvalue weighted by atomic mass is 10.1.